The molecular weight excluding hydrogens is 250 g/mol. The van der Waals surface area contributed by atoms with Crippen LogP contribution in [0.2, 0.25) is 0 Å². The fourth-order valence-corrected chi connectivity index (χ4v) is 1.28. The number of hydrogen-bond acceptors (Lipinski definition) is 3. The van der Waals surface area contributed by atoms with Gasteiger partial charge in [0.25, 0.3) is 0 Å². The van der Waals surface area contributed by atoms with Crippen LogP contribution in [0.15, 0.2) is 0 Å². The first kappa shape index (κ1) is 17.2. The van der Waals surface area contributed by atoms with E-state index >= 15 is 0 Å². The van der Waals surface area contributed by atoms with Crippen LogP contribution < -0.4 is 5.32 Å². The van der Waals surface area contributed by atoms with E-state index in [9.17, 15) is 14.4 Å². The lowest BCUT2D eigenvalue weighted by Gasteiger charge is -2.20. The average molecular weight is 273 g/mol. The van der Waals surface area contributed by atoms with E-state index in [0.29, 0.717) is 13.0 Å². The Hall–Kier alpha value is -1.79. The first-order valence-corrected chi connectivity index (χ1v) is 6.15. The van der Waals surface area contributed by atoms with E-state index in [1.165, 1.54) is 9.80 Å². The van der Waals surface area contributed by atoms with E-state index in [1.54, 1.807) is 21.1 Å². The molecule has 1 unspecified atom stereocenters. The number of amides is 3. The average Bonchev–Trinajstić information content (AvgIpc) is 2.32. The van der Waals surface area contributed by atoms with Gasteiger partial charge in [0.2, 0.25) is 5.91 Å². The maximum Gasteiger partial charge on any atom is 0.317 e. The molecule has 7 nitrogen and oxygen atoms in total. The highest BCUT2D eigenvalue weighted by atomic mass is 16.4. The molecule has 0 aromatic rings. The largest absolute Gasteiger partial charge is 0.481 e. The lowest BCUT2D eigenvalue weighted by atomic mass is 10.1. The molecule has 3 amide bonds. The molecule has 7 heteroatoms. The number of urea groups is 1. The molecule has 0 fully saturated rings. The summed E-state index contributed by atoms with van der Waals surface area (Å²) in [7, 11) is 4.79. The molecule has 0 bridgehead atoms. The van der Waals surface area contributed by atoms with Crippen LogP contribution in [0, 0.1) is 5.92 Å². The van der Waals surface area contributed by atoms with Crippen LogP contribution in [-0.4, -0.2) is 67.0 Å². The van der Waals surface area contributed by atoms with Crippen LogP contribution >= 0.6 is 0 Å². The lowest BCUT2D eigenvalue weighted by Crippen LogP contribution is -2.44. The number of rotatable bonds is 7. The van der Waals surface area contributed by atoms with Gasteiger partial charge in [0.15, 0.2) is 0 Å². The summed E-state index contributed by atoms with van der Waals surface area (Å²) in [4.78, 5) is 36.2. The zero-order valence-electron chi connectivity index (χ0n) is 12.0. The molecule has 0 heterocycles. The van der Waals surface area contributed by atoms with Gasteiger partial charge in [-0.05, 0) is 12.3 Å². The molecule has 0 aliphatic rings. The summed E-state index contributed by atoms with van der Waals surface area (Å²) in [6.07, 6.45) is 0.599. The molecule has 0 aliphatic carbocycles. The Morgan fingerprint density at radius 1 is 1.21 bits per heavy atom. The van der Waals surface area contributed by atoms with Crippen molar-refractivity contribution in [1.82, 2.24) is 15.1 Å². The monoisotopic (exact) mass is 273 g/mol. The minimum Gasteiger partial charge on any atom is -0.481 e. The lowest BCUT2D eigenvalue weighted by molar-refractivity contribution is -0.137. The standard InChI is InChI=1S/C12H23N3O4/c1-9(5-6-11(17)18)7-13-12(19)15(4)8-10(16)14(2)3/h9H,5-8H2,1-4H3,(H,13,19)(H,17,18). The Morgan fingerprint density at radius 3 is 2.26 bits per heavy atom. The number of carbonyl (C=O) groups is 3. The summed E-state index contributed by atoms with van der Waals surface area (Å²) >= 11 is 0. The topological polar surface area (TPSA) is 90.0 Å². The third-order valence-corrected chi connectivity index (χ3v) is 2.67. The van der Waals surface area contributed by atoms with Crippen molar-refractivity contribution < 1.29 is 19.5 Å². The first-order valence-electron chi connectivity index (χ1n) is 6.15. The SMILES string of the molecule is CC(CCC(=O)O)CNC(=O)N(C)CC(=O)N(C)C. The minimum atomic E-state index is -0.841. The van der Waals surface area contributed by atoms with Crippen LogP contribution in [0.4, 0.5) is 4.79 Å². The Balaban J connectivity index is 3.96. The molecule has 0 radical (unpaired) electrons. The quantitative estimate of drug-likeness (QED) is 0.694. The predicted molar refractivity (Wildman–Crippen MR) is 70.8 cm³/mol. The van der Waals surface area contributed by atoms with E-state index in [0.717, 1.165) is 0 Å². The fourth-order valence-electron chi connectivity index (χ4n) is 1.28. The van der Waals surface area contributed by atoms with E-state index in [-0.39, 0.29) is 30.8 Å². The zero-order chi connectivity index (χ0) is 15.0. The summed E-state index contributed by atoms with van der Waals surface area (Å²) in [5.74, 6) is -0.915. The molecule has 0 saturated heterocycles. The molecule has 0 aliphatic heterocycles. The van der Waals surface area contributed by atoms with E-state index < -0.39 is 5.97 Å². The van der Waals surface area contributed by atoms with Gasteiger partial charge in [-0.2, -0.15) is 0 Å². The van der Waals surface area contributed by atoms with Crippen molar-refractivity contribution in [3.8, 4) is 0 Å². The van der Waals surface area contributed by atoms with Gasteiger partial charge in [-0.3, -0.25) is 9.59 Å². The number of carbonyl (C=O) groups excluding carboxylic acids is 2. The second-order valence-corrected chi connectivity index (χ2v) is 4.87. The Bertz CT molecular complexity index is 331. The highest BCUT2D eigenvalue weighted by molar-refractivity contribution is 5.83. The Labute approximate surface area is 113 Å². The third kappa shape index (κ3) is 8.01. The number of carboxylic acids is 1. The third-order valence-electron chi connectivity index (χ3n) is 2.67. The van der Waals surface area contributed by atoms with Gasteiger partial charge < -0.3 is 20.2 Å². The summed E-state index contributed by atoms with van der Waals surface area (Å²) in [5.41, 5.74) is 0. The van der Waals surface area contributed by atoms with Crippen molar-refractivity contribution in [2.45, 2.75) is 19.8 Å². The second kappa shape index (κ2) is 8.34. The fraction of sp³-hybridized carbons (Fsp3) is 0.750. The minimum absolute atomic E-state index is 0.0162. The Morgan fingerprint density at radius 2 is 1.79 bits per heavy atom. The summed E-state index contributed by atoms with van der Waals surface area (Å²) in [6, 6.07) is -0.336. The zero-order valence-corrected chi connectivity index (χ0v) is 12.0. The van der Waals surface area contributed by atoms with Gasteiger partial charge in [0.1, 0.15) is 6.54 Å². The van der Waals surface area contributed by atoms with Crippen molar-refractivity contribution >= 4 is 17.9 Å². The van der Waals surface area contributed by atoms with Gasteiger partial charge in [0.05, 0.1) is 0 Å². The number of likely N-dealkylation sites (N-methyl/N-ethyl adjacent to an activating group) is 2. The molecule has 0 rings (SSSR count). The highest BCUT2D eigenvalue weighted by Crippen LogP contribution is 2.04. The van der Waals surface area contributed by atoms with Crippen LogP contribution in [0.1, 0.15) is 19.8 Å². The summed E-state index contributed by atoms with van der Waals surface area (Å²) in [5, 5.41) is 11.2. The van der Waals surface area contributed by atoms with Crippen LogP contribution in [-0.2, 0) is 9.59 Å². The van der Waals surface area contributed by atoms with Crippen molar-refractivity contribution in [1.29, 1.82) is 0 Å². The van der Waals surface area contributed by atoms with Crippen molar-refractivity contribution in [2.75, 3.05) is 34.2 Å². The van der Waals surface area contributed by atoms with E-state index in [1.807, 2.05) is 6.92 Å². The first-order chi connectivity index (χ1) is 8.73. The highest BCUT2D eigenvalue weighted by Gasteiger charge is 2.14. The van der Waals surface area contributed by atoms with Gasteiger partial charge in [0, 0.05) is 34.1 Å². The molecule has 0 saturated carbocycles. The molecule has 1 atom stereocenters. The molecular formula is C12H23N3O4. The van der Waals surface area contributed by atoms with Crippen LogP contribution in [0.25, 0.3) is 0 Å². The van der Waals surface area contributed by atoms with E-state index in [2.05, 4.69) is 5.32 Å². The van der Waals surface area contributed by atoms with Crippen molar-refractivity contribution in [2.24, 2.45) is 5.92 Å². The van der Waals surface area contributed by atoms with Crippen LogP contribution in [0.3, 0.4) is 0 Å². The second-order valence-electron chi connectivity index (χ2n) is 4.87. The van der Waals surface area contributed by atoms with Crippen LogP contribution in [0.5, 0.6) is 0 Å². The molecule has 0 aromatic heterocycles. The number of nitrogens with one attached hydrogen (secondary N) is 1. The van der Waals surface area contributed by atoms with Crippen molar-refractivity contribution in [3.63, 3.8) is 0 Å². The van der Waals surface area contributed by atoms with Gasteiger partial charge in [-0.25, -0.2) is 4.79 Å². The maximum absolute atomic E-state index is 11.7. The number of aliphatic carboxylic acids is 1. The molecule has 2 N–H and O–H groups in total. The summed E-state index contributed by atoms with van der Waals surface area (Å²) < 4.78 is 0. The molecule has 0 spiro atoms. The van der Waals surface area contributed by atoms with Gasteiger partial charge >= 0.3 is 12.0 Å². The predicted octanol–water partition coefficient (Wildman–Crippen LogP) is 0.217. The molecule has 110 valence electrons. The normalized spacial score (nSPS) is 11.6. The summed E-state index contributed by atoms with van der Waals surface area (Å²) in [6.45, 7) is 2.28. The van der Waals surface area contributed by atoms with E-state index in [4.69, 9.17) is 5.11 Å². The molecule has 0 aromatic carbocycles. The van der Waals surface area contributed by atoms with Gasteiger partial charge in [-0.1, -0.05) is 6.92 Å². The number of nitrogens with zero attached hydrogens (tertiary/aromatic N) is 2. The number of carboxylic acid groups (broad SMARTS) is 1. The Kier molecular flexibility index (Phi) is 7.55. The molecule has 19 heavy (non-hydrogen) atoms. The smallest absolute Gasteiger partial charge is 0.317 e. The van der Waals surface area contributed by atoms with Crippen molar-refractivity contribution in [3.05, 3.63) is 0 Å². The number of hydrogen-bond donors (Lipinski definition) is 2. The maximum atomic E-state index is 11.7. The van der Waals surface area contributed by atoms with Gasteiger partial charge in [-0.15, -0.1) is 0 Å².